The number of benzene rings is 2. The SMILES string of the molecule is Cc1ccc(C(c2ccccc2)C(C)O)cc1. The van der Waals surface area contributed by atoms with Crippen LogP contribution in [-0.2, 0) is 0 Å². The van der Waals surface area contributed by atoms with Gasteiger partial charge < -0.3 is 5.11 Å². The summed E-state index contributed by atoms with van der Waals surface area (Å²) in [5.41, 5.74) is 3.56. The Hall–Kier alpha value is -1.60. The lowest BCUT2D eigenvalue weighted by molar-refractivity contribution is 0.176. The zero-order chi connectivity index (χ0) is 12.3. The summed E-state index contributed by atoms with van der Waals surface area (Å²) < 4.78 is 0. The molecule has 0 aliphatic carbocycles. The number of aliphatic hydroxyl groups excluding tert-OH is 1. The lowest BCUT2D eigenvalue weighted by atomic mass is 9.87. The molecule has 0 spiro atoms. The van der Waals surface area contributed by atoms with Crippen LogP contribution in [-0.4, -0.2) is 11.2 Å². The first-order valence-corrected chi connectivity index (χ1v) is 5.98. The summed E-state index contributed by atoms with van der Waals surface area (Å²) in [6.45, 7) is 3.92. The Morgan fingerprint density at radius 3 is 1.88 bits per heavy atom. The molecule has 0 aliphatic rings. The van der Waals surface area contributed by atoms with E-state index in [9.17, 15) is 5.11 Å². The van der Waals surface area contributed by atoms with Gasteiger partial charge in [-0.3, -0.25) is 0 Å². The summed E-state index contributed by atoms with van der Waals surface area (Å²) >= 11 is 0. The van der Waals surface area contributed by atoms with Gasteiger partial charge in [0.25, 0.3) is 0 Å². The van der Waals surface area contributed by atoms with E-state index < -0.39 is 0 Å². The third-order valence-electron chi connectivity index (χ3n) is 3.08. The maximum absolute atomic E-state index is 9.99. The summed E-state index contributed by atoms with van der Waals surface area (Å²) in [5, 5.41) is 9.99. The lowest BCUT2D eigenvalue weighted by Gasteiger charge is -2.21. The van der Waals surface area contributed by atoms with Crippen LogP contribution in [0.15, 0.2) is 54.6 Å². The Bertz CT molecular complexity index is 457. The van der Waals surface area contributed by atoms with Crippen LogP contribution in [0.4, 0.5) is 0 Å². The Balaban J connectivity index is 2.39. The monoisotopic (exact) mass is 226 g/mol. The van der Waals surface area contributed by atoms with E-state index in [0.29, 0.717) is 0 Å². The molecule has 2 aromatic rings. The van der Waals surface area contributed by atoms with Crippen molar-refractivity contribution in [2.75, 3.05) is 0 Å². The van der Waals surface area contributed by atoms with Crippen LogP contribution in [0.1, 0.15) is 29.5 Å². The van der Waals surface area contributed by atoms with Crippen LogP contribution in [0.2, 0.25) is 0 Å². The topological polar surface area (TPSA) is 20.2 Å². The zero-order valence-corrected chi connectivity index (χ0v) is 10.3. The molecule has 17 heavy (non-hydrogen) atoms. The highest BCUT2D eigenvalue weighted by Crippen LogP contribution is 2.28. The highest BCUT2D eigenvalue weighted by Gasteiger charge is 2.18. The van der Waals surface area contributed by atoms with Gasteiger partial charge >= 0.3 is 0 Å². The zero-order valence-electron chi connectivity index (χ0n) is 10.3. The third kappa shape index (κ3) is 2.75. The van der Waals surface area contributed by atoms with Gasteiger partial charge in [-0.2, -0.15) is 0 Å². The molecule has 0 saturated carbocycles. The van der Waals surface area contributed by atoms with Crippen LogP contribution in [0.3, 0.4) is 0 Å². The van der Waals surface area contributed by atoms with Crippen molar-refractivity contribution in [2.45, 2.75) is 25.9 Å². The van der Waals surface area contributed by atoms with E-state index in [4.69, 9.17) is 0 Å². The molecule has 0 fully saturated rings. The summed E-state index contributed by atoms with van der Waals surface area (Å²) in [5.74, 6) is 0.0526. The minimum absolute atomic E-state index is 0.0526. The molecule has 0 heterocycles. The van der Waals surface area contributed by atoms with E-state index in [-0.39, 0.29) is 12.0 Å². The first kappa shape index (κ1) is 11.9. The fourth-order valence-corrected chi connectivity index (χ4v) is 2.18. The normalized spacial score (nSPS) is 14.3. The summed E-state index contributed by atoms with van der Waals surface area (Å²) in [6, 6.07) is 18.5. The van der Waals surface area contributed by atoms with Crippen LogP contribution >= 0.6 is 0 Å². The van der Waals surface area contributed by atoms with Crippen molar-refractivity contribution in [3.63, 3.8) is 0 Å². The second-order valence-corrected chi connectivity index (χ2v) is 4.54. The lowest BCUT2D eigenvalue weighted by Crippen LogP contribution is -2.15. The average molecular weight is 226 g/mol. The van der Waals surface area contributed by atoms with Crippen molar-refractivity contribution in [3.8, 4) is 0 Å². The van der Waals surface area contributed by atoms with E-state index >= 15 is 0 Å². The third-order valence-corrected chi connectivity index (χ3v) is 3.08. The standard InChI is InChI=1S/C16H18O/c1-12-8-10-15(11-9-12)16(13(2)17)14-6-4-3-5-7-14/h3-11,13,16-17H,1-2H3. The highest BCUT2D eigenvalue weighted by atomic mass is 16.3. The van der Waals surface area contributed by atoms with Gasteiger partial charge in [0.05, 0.1) is 6.10 Å². The first-order chi connectivity index (χ1) is 8.18. The summed E-state index contributed by atoms with van der Waals surface area (Å²) in [4.78, 5) is 0. The Morgan fingerprint density at radius 1 is 0.824 bits per heavy atom. The molecule has 0 radical (unpaired) electrons. The van der Waals surface area contributed by atoms with Gasteiger partial charge in [0.2, 0.25) is 0 Å². The molecule has 1 heteroatoms. The number of aryl methyl sites for hydroxylation is 1. The van der Waals surface area contributed by atoms with Crippen molar-refractivity contribution >= 4 is 0 Å². The molecule has 1 N–H and O–H groups in total. The van der Waals surface area contributed by atoms with E-state index in [0.717, 1.165) is 11.1 Å². The quantitative estimate of drug-likeness (QED) is 0.849. The Kier molecular flexibility index (Phi) is 3.60. The maximum Gasteiger partial charge on any atom is 0.0621 e. The van der Waals surface area contributed by atoms with Crippen molar-refractivity contribution in [1.82, 2.24) is 0 Å². The van der Waals surface area contributed by atoms with Crippen molar-refractivity contribution in [3.05, 3.63) is 71.3 Å². The molecule has 0 aliphatic heterocycles. The molecule has 1 nitrogen and oxygen atoms in total. The van der Waals surface area contributed by atoms with Gasteiger partial charge in [0.1, 0.15) is 0 Å². The molecular weight excluding hydrogens is 208 g/mol. The smallest absolute Gasteiger partial charge is 0.0621 e. The predicted molar refractivity (Wildman–Crippen MR) is 71.1 cm³/mol. The number of aliphatic hydroxyl groups is 1. The molecule has 2 atom stereocenters. The second kappa shape index (κ2) is 5.15. The van der Waals surface area contributed by atoms with Gasteiger partial charge in [-0.05, 0) is 25.0 Å². The maximum atomic E-state index is 9.99. The van der Waals surface area contributed by atoms with Gasteiger partial charge in [-0.15, -0.1) is 0 Å². The highest BCUT2D eigenvalue weighted by molar-refractivity contribution is 5.34. The van der Waals surface area contributed by atoms with Crippen LogP contribution in [0, 0.1) is 6.92 Å². The molecular formula is C16H18O. The van der Waals surface area contributed by atoms with Crippen LogP contribution in [0.25, 0.3) is 0 Å². The van der Waals surface area contributed by atoms with Crippen LogP contribution < -0.4 is 0 Å². The number of hydrogen-bond acceptors (Lipinski definition) is 1. The van der Waals surface area contributed by atoms with Crippen molar-refractivity contribution < 1.29 is 5.11 Å². The Morgan fingerprint density at radius 2 is 1.35 bits per heavy atom. The molecule has 2 rings (SSSR count). The van der Waals surface area contributed by atoms with E-state index in [1.807, 2.05) is 25.1 Å². The summed E-state index contributed by atoms with van der Waals surface area (Å²) in [7, 11) is 0. The molecule has 0 amide bonds. The second-order valence-electron chi connectivity index (χ2n) is 4.54. The molecule has 0 aromatic heterocycles. The fraction of sp³-hybridized carbons (Fsp3) is 0.250. The molecule has 0 bridgehead atoms. The predicted octanol–water partition coefficient (Wildman–Crippen LogP) is 3.51. The minimum atomic E-state index is -0.389. The van der Waals surface area contributed by atoms with Crippen molar-refractivity contribution in [2.24, 2.45) is 0 Å². The van der Waals surface area contributed by atoms with Gasteiger partial charge in [-0.1, -0.05) is 60.2 Å². The number of hydrogen-bond donors (Lipinski definition) is 1. The average Bonchev–Trinajstić information content (AvgIpc) is 2.33. The first-order valence-electron chi connectivity index (χ1n) is 5.98. The van der Waals surface area contributed by atoms with Crippen LogP contribution in [0.5, 0.6) is 0 Å². The molecule has 88 valence electrons. The molecule has 2 unspecified atom stereocenters. The van der Waals surface area contributed by atoms with Gasteiger partial charge in [-0.25, -0.2) is 0 Å². The minimum Gasteiger partial charge on any atom is -0.392 e. The van der Waals surface area contributed by atoms with E-state index in [2.05, 4.69) is 43.3 Å². The number of rotatable bonds is 3. The summed E-state index contributed by atoms with van der Waals surface area (Å²) in [6.07, 6.45) is -0.389. The van der Waals surface area contributed by atoms with Crippen molar-refractivity contribution in [1.29, 1.82) is 0 Å². The largest absolute Gasteiger partial charge is 0.392 e. The fourth-order valence-electron chi connectivity index (χ4n) is 2.18. The van der Waals surface area contributed by atoms with E-state index in [1.54, 1.807) is 0 Å². The van der Waals surface area contributed by atoms with E-state index in [1.165, 1.54) is 5.56 Å². The molecule has 2 aromatic carbocycles. The van der Waals surface area contributed by atoms with Gasteiger partial charge in [0.15, 0.2) is 0 Å². The van der Waals surface area contributed by atoms with Gasteiger partial charge in [0, 0.05) is 5.92 Å². The Labute approximate surface area is 103 Å². The molecule has 0 saturated heterocycles.